The molecule has 0 radical (unpaired) electrons. The summed E-state index contributed by atoms with van der Waals surface area (Å²) in [4.78, 5) is 16.4. The van der Waals surface area contributed by atoms with Gasteiger partial charge >= 0.3 is 6.18 Å². The Morgan fingerprint density at radius 3 is 2.50 bits per heavy atom. The maximum absolute atomic E-state index is 13.0. The average Bonchev–Trinajstić information content (AvgIpc) is 2.84. The Kier molecular flexibility index (Phi) is 7.26. The third-order valence-corrected chi connectivity index (χ3v) is 6.17. The van der Waals surface area contributed by atoms with E-state index < -0.39 is 11.7 Å². The second-order valence-corrected chi connectivity index (χ2v) is 8.42. The smallest absolute Gasteiger partial charge is 0.416 e. The molecule has 0 atom stereocenters. The number of hydrogen-bond acceptors (Lipinski definition) is 4. The van der Waals surface area contributed by atoms with Crippen LogP contribution in [0, 0.1) is 0 Å². The summed E-state index contributed by atoms with van der Waals surface area (Å²) < 4.78 is 44.3. The maximum Gasteiger partial charge on any atom is 0.416 e. The maximum atomic E-state index is 13.0. The predicted octanol–water partition coefficient (Wildman–Crippen LogP) is 4.35. The highest BCUT2D eigenvalue weighted by atomic mass is 19.4. The number of nitrogens with one attached hydrogen (secondary N) is 1. The zero-order chi connectivity index (χ0) is 24.1. The molecule has 1 saturated heterocycles. The van der Waals surface area contributed by atoms with Crippen molar-refractivity contribution in [2.24, 2.45) is 0 Å². The van der Waals surface area contributed by atoms with Gasteiger partial charge in [-0.25, -0.2) is 0 Å². The molecule has 4 rings (SSSR count). The highest BCUT2D eigenvalue weighted by Gasteiger charge is 2.31. The number of fused-ring (bicyclic) bond motifs is 1. The zero-order valence-electron chi connectivity index (χ0n) is 19.1. The van der Waals surface area contributed by atoms with Crippen molar-refractivity contribution in [1.82, 2.24) is 10.2 Å². The molecule has 0 bridgehead atoms. The lowest BCUT2D eigenvalue weighted by molar-refractivity contribution is -0.137. The van der Waals surface area contributed by atoms with Gasteiger partial charge in [-0.15, -0.1) is 0 Å². The Morgan fingerprint density at radius 2 is 1.76 bits per heavy atom. The van der Waals surface area contributed by atoms with Crippen LogP contribution in [0.1, 0.15) is 11.1 Å². The van der Waals surface area contributed by atoms with Gasteiger partial charge in [0.2, 0.25) is 5.91 Å². The molecule has 0 unspecified atom stereocenters. The lowest BCUT2D eigenvalue weighted by Crippen LogP contribution is -2.49. The molecule has 0 spiro atoms. The molecule has 0 aliphatic carbocycles. The van der Waals surface area contributed by atoms with Gasteiger partial charge in [0.05, 0.1) is 19.2 Å². The Morgan fingerprint density at radius 1 is 1.00 bits per heavy atom. The number of rotatable bonds is 7. The van der Waals surface area contributed by atoms with Gasteiger partial charge < -0.3 is 15.0 Å². The molecule has 0 saturated carbocycles. The monoisotopic (exact) mass is 471 g/mol. The molecule has 1 heterocycles. The van der Waals surface area contributed by atoms with Crippen LogP contribution in [-0.4, -0.2) is 57.2 Å². The van der Waals surface area contributed by atoms with E-state index >= 15 is 0 Å². The molecule has 1 aliphatic rings. The van der Waals surface area contributed by atoms with E-state index in [2.05, 4.69) is 17.4 Å². The summed E-state index contributed by atoms with van der Waals surface area (Å²) in [6.45, 7) is 3.19. The van der Waals surface area contributed by atoms with Crippen molar-refractivity contribution in [1.29, 1.82) is 0 Å². The molecular formula is C26H28F3N3O2. The first-order valence-electron chi connectivity index (χ1n) is 11.3. The van der Waals surface area contributed by atoms with Gasteiger partial charge in [-0.1, -0.05) is 30.3 Å². The number of carbonyl (C=O) groups excluding carboxylic acids is 1. The first-order chi connectivity index (χ1) is 16.3. The number of anilines is 1. The van der Waals surface area contributed by atoms with Crippen LogP contribution in [0.15, 0.2) is 60.7 Å². The molecule has 1 amide bonds. The fourth-order valence-electron chi connectivity index (χ4n) is 4.30. The Labute approximate surface area is 197 Å². The van der Waals surface area contributed by atoms with E-state index in [1.807, 2.05) is 34.1 Å². The van der Waals surface area contributed by atoms with E-state index in [0.29, 0.717) is 44.8 Å². The number of carbonyl (C=O) groups is 1. The Balaban J connectivity index is 1.25. The number of hydrogen-bond donors (Lipinski definition) is 1. The summed E-state index contributed by atoms with van der Waals surface area (Å²) in [6, 6.07) is 17.5. The predicted molar refractivity (Wildman–Crippen MR) is 127 cm³/mol. The fourth-order valence-corrected chi connectivity index (χ4v) is 4.30. The molecule has 3 aromatic rings. The van der Waals surface area contributed by atoms with Gasteiger partial charge in [-0.05, 0) is 53.1 Å². The number of amides is 1. The number of halogens is 3. The van der Waals surface area contributed by atoms with Crippen LogP contribution in [0.2, 0.25) is 0 Å². The second-order valence-electron chi connectivity index (χ2n) is 8.42. The SMILES string of the molecule is COc1ccc2cccc(CCNC(=O)CN3CCN(c4cccc(C(F)(F)F)c4)CC3)c2c1. The Hall–Kier alpha value is -3.26. The van der Waals surface area contributed by atoms with Crippen LogP contribution in [0.3, 0.4) is 0 Å². The second kappa shape index (κ2) is 10.3. The lowest BCUT2D eigenvalue weighted by Gasteiger charge is -2.36. The third-order valence-electron chi connectivity index (χ3n) is 6.17. The van der Waals surface area contributed by atoms with Crippen molar-refractivity contribution in [3.05, 3.63) is 71.8 Å². The molecular weight excluding hydrogens is 443 g/mol. The van der Waals surface area contributed by atoms with E-state index in [9.17, 15) is 18.0 Å². The van der Waals surface area contributed by atoms with E-state index in [4.69, 9.17) is 4.74 Å². The molecule has 180 valence electrons. The minimum absolute atomic E-state index is 0.0506. The van der Waals surface area contributed by atoms with Gasteiger partial charge in [-0.3, -0.25) is 9.69 Å². The van der Waals surface area contributed by atoms with E-state index in [1.165, 1.54) is 12.1 Å². The molecule has 1 N–H and O–H groups in total. The molecule has 0 aromatic heterocycles. The molecule has 34 heavy (non-hydrogen) atoms. The van der Waals surface area contributed by atoms with Crippen LogP contribution in [0.25, 0.3) is 10.8 Å². The molecule has 5 nitrogen and oxygen atoms in total. The van der Waals surface area contributed by atoms with Crippen LogP contribution < -0.4 is 15.0 Å². The van der Waals surface area contributed by atoms with E-state index in [1.54, 1.807) is 13.2 Å². The van der Waals surface area contributed by atoms with Gasteiger partial charge in [0.1, 0.15) is 5.75 Å². The number of piperazine rings is 1. The normalized spacial score (nSPS) is 14.9. The van der Waals surface area contributed by atoms with Crippen molar-refractivity contribution in [2.45, 2.75) is 12.6 Å². The van der Waals surface area contributed by atoms with Crippen molar-refractivity contribution < 1.29 is 22.7 Å². The number of ether oxygens (including phenoxy) is 1. The first kappa shape index (κ1) is 23.9. The molecule has 8 heteroatoms. The summed E-state index contributed by atoms with van der Waals surface area (Å²) in [7, 11) is 1.64. The van der Waals surface area contributed by atoms with Gasteiger partial charge in [-0.2, -0.15) is 13.2 Å². The van der Waals surface area contributed by atoms with Crippen molar-refractivity contribution in [3.63, 3.8) is 0 Å². The highest BCUT2D eigenvalue weighted by molar-refractivity contribution is 5.87. The first-order valence-corrected chi connectivity index (χ1v) is 11.3. The molecule has 1 fully saturated rings. The topological polar surface area (TPSA) is 44.8 Å². The minimum Gasteiger partial charge on any atom is -0.497 e. The van der Waals surface area contributed by atoms with Crippen LogP contribution >= 0.6 is 0 Å². The van der Waals surface area contributed by atoms with Gasteiger partial charge in [0.25, 0.3) is 0 Å². The average molecular weight is 472 g/mol. The summed E-state index contributed by atoms with van der Waals surface area (Å²) in [5.41, 5.74) is 1.06. The van der Waals surface area contributed by atoms with E-state index in [0.717, 1.165) is 28.2 Å². The third kappa shape index (κ3) is 5.80. The van der Waals surface area contributed by atoms with Gasteiger partial charge in [0, 0.05) is 38.4 Å². The minimum atomic E-state index is -4.35. The molecule has 3 aromatic carbocycles. The summed E-state index contributed by atoms with van der Waals surface area (Å²) in [5, 5.41) is 5.23. The number of benzene rings is 3. The van der Waals surface area contributed by atoms with Crippen molar-refractivity contribution in [3.8, 4) is 5.75 Å². The fraction of sp³-hybridized carbons (Fsp3) is 0.346. The number of alkyl halides is 3. The highest BCUT2D eigenvalue weighted by Crippen LogP contribution is 2.32. The van der Waals surface area contributed by atoms with Crippen LogP contribution in [-0.2, 0) is 17.4 Å². The van der Waals surface area contributed by atoms with Crippen LogP contribution in [0.4, 0.5) is 18.9 Å². The standard InChI is InChI=1S/C26H28F3N3O2/c1-34-23-9-8-19-4-2-5-20(24(19)17-23)10-11-30-25(33)18-31-12-14-32(15-13-31)22-7-3-6-21(16-22)26(27,28)29/h2-9,16-17H,10-15,18H2,1H3,(H,30,33). The van der Waals surface area contributed by atoms with Crippen molar-refractivity contribution >= 4 is 22.4 Å². The van der Waals surface area contributed by atoms with Gasteiger partial charge in [0.15, 0.2) is 0 Å². The summed E-state index contributed by atoms with van der Waals surface area (Å²) in [5.74, 6) is 0.749. The van der Waals surface area contributed by atoms with Crippen molar-refractivity contribution in [2.75, 3.05) is 51.3 Å². The number of methoxy groups -OCH3 is 1. The zero-order valence-corrected chi connectivity index (χ0v) is 19.1. The Bertz CT molecular complexity index is 1140. The summed E-state index contributed by atoms with van der Waals surface area (Å²) in [6.07, 6.45) is -3.65. The lowest BCUT2D eigenvalue weighted by atomic mass is 10.0. The summed E-state index contributed by atoms with van der Waals surface area (Å²) >= 11 is 0. The quantitative estimate of drug-likeness (QED) is 0.557. The number of nitrogens with zero attached hydrogens (tertiary/aromatic N) is 2. The molecule has 1 aliphatic heterocycles. The van der Waals surface area contributed by atoms with Crippen LogP contribution in [0.5, 0.6) is 5.75 Å². The largest absolute Gasteiger partial charge is 0.497 e. The van der Waals surface area contributed by atoms with E-state index in [-0.39, 0.29) is 12.5 Å².